The van der Waals surface area contributed by atoms with Gasteiger partial charge in [0.15, 0.2) is 8.94 Å². The predicted molar refractivity (Wildman–Crippen MR) is 86.1 cm³/mol. The van der Waals surface area contributed by atoms with Gasteiger partial charge in [-0.15, -0.1) is 4.36 Å². The number of anilines is 1. The fourth-order valence-corrected chi connectivity index (χ4v) is 2.98. The number of nitrogens with one attached hydrogen (secondary N) is 1. The minimum absolute atomic E-state index is 0.314. The van der Waals surface area contributed by atoms with Gasteiger partial charge >= 0.3 is 6.03 Å². The van der Waals surface area contributed by atoms with Crippen LogP contribution in [0.15, 0.2) is 57.8 Å². The lowest BCUT2D eigenvalue weighted by atomic mass is 10.2. The van der Waals surface area contributed by atoms with E-state index in [1.807, 2.05) is 26.0 Å². The van der Waals surface area contributed by atoms with Gasteiger partial charge in [0.25, 0.3) is 0 Å². The number of aryl methyl sites for hydroxylation is 2. The normalized spacial score (nSPS) is 13.3. The average molecular weight is 323 g/mol. The number of amides is 2. The minimum Gasteiger partial charge on any atom is -0.306 e. The standard InChI is InChI=1S/C15H15ClN2O2S/c1-11-3-7-13(8-4-11)17-15(19)18-21(16,20)14-9-5-12(2)6-10-14/h3-10H,1-2H3,(H,17,19). The lowest BCUT2D eigenvalue weighted by Crippen LogP contribution is -2.08. The SMILES string of the molecule is Cc1ccc(NC(=O)N=S(=O)(Cl)c2ccc(C)cc2)cc1. The van der Waals surface area contributed by atoms with Crippen molar-refractivity contribution < 1.29 is 9.00 Å². The van der Waals surface area contributed by atoms with Crippen LogP contribution < -0.4 is 5.32 Å². The first-order valence-electron chi connectivity index (χ1n) is 6.28. The maximum absolute atomic E-state index is 12.3. The summed E-state index contributed by atoms with van der Waals surface area (Å²) in [7, 11) is 2.63. The topological polar surface area (TPSA) is 58.5 Å². The molecule has 0 spiro atoms. The summed E-state index contributed by atoms with van der Waals surface area (Å²) in [5.74, 6) is 0. The Balaban J connectivity index is 2.21. The van der Waals surface area contributed by atoms with Crippen LogP contribution in [0.1, 0.15) is 11.1 Å². The first-order chi connectivity index (χ1) is 9.87. The monoisotopic (exact) mass is 322 g/mol. The van der Waals surface area contributed by atoms with Crippen molar-refractivity contribution in [2.24, 2.45) is 4.36 Å². The zero-order valence-electron chi connectivity index (χ0n) is 11.7. The van der Waals surface area contributed by atoms with Crippen molar-refractivity contribution in [2.75, 3.05) is 5.32 Å². The molecule has 6 heteroatoms. The maximum Gasteiger partial charge on any atom is 0.354 e. The van der Waals surface area contributed by atoms with E-state index in [1.54, 1.807) is 36.4 Å². The summed E-state index contributed by atoms with van der Waals surface area (Å²) >= 11 is 0. The van der Waals surface area contributed by atoms with Crippen LogP contribution in [0.2, 0.25) is 0 Å². The molecule has 1 N–H and O–H groups in total. The van der Waals surface area contributed by atoms with E-state index >= 15 is 0 Å². The molecule has 0 saturated heterocycles. The number of nitrogens with zero attached hydrogens (tertiary/aromatic N) is 1. The van der Waals surface area contributed by atoms with Gasteiger partial charge in [-0.3, -0.25) is 0 Å². The molecule has 0 radical (unpaired) electrons. The quantitative estimate of drug-likeness (QED) is 0.826. The van der Waals surface area contributed by atoms with Crippen molar-refractivity contribution >= 4 is 31.3 Å². The summed E-state index contributed by atoms with van der Waals surface area (Å²) in [4.78, 5) is 12.1. The summed E-state index contributed by atoms with van der Waals surface area (Å²) < 4.78 is 15.9. The van der Waals surface area contributed by atoms with Crippen LogP contribution >= 0.6 is 10.7 Å². The number of hydrogen-bond acceptors (Lipinski definition) is 2. The lowest BCUT2D eigenvalue weighted by molar-refractivity contribution is 0.260. The van der Waals surface area contributed by atoms with Gasteiger partial charge in [0, 0.05) is 16.4 Å². The average Bonchev–Trinajstić information content (AvgIpc) is 2.41. The Hall–Kier alpha value is -1.85. The highest BCUT2D eigenvalue weighted by atomic mass is 35.7. The Morgan fingerprint density at radius 3 is 2.00 bits per heavy atom. The van der Waals surface area contributed by atoms with Crippen LogP contribution in [0.4, 0.5) is 10.5 Å². The third-order valence-electron chi connectivity index (χ3n) is 2.81. The fourth-order valence-electron chi connectivity index (χ4n) is 1.65. The van der Waals surface area contributed by atoms with E-state index in [1.165, 1.54) is 0 Å². The number of rotatable bonds is 2. The van der Waals surface area contributed by atoms with Crippen LogP contribution in [0, 0.1) is 13.8 Å². The van der Waals surface area contributed by atoms with Crippen LogP contribution in [-0.4, -0.2) is 10.2 Å². The molecular formula is C15H15ClN2O2S. The molecule has 0 bridgehead atoms. The molecule has 21 heavy (non-hydrogen) atoms. The van der Waals surface area contributed by atoms with E-state index in [2.05, 4.69) is 9.68 Å². The summed E-state index contributed by atoms with van der Waals surface area (Å²) in [6.07, 6.45) is 0. The summed E-state index contributed by atoms with van der Waals surface area (Å²) in [5.41, 5.74) is 2.66. The third kappa shape index (κ3) is 4.31. The molecule has 2 aromatic rings. The molecule has 0 saturated carbocycles. The molecule has 0 aliphatic heterocycles. The molecule has 4 nitrogen and oxygen atoms in total. The highest BCUT2D eigenvalue weighted by molar-refractivity contribution is 8.15. The fraction of sp³-hybridized carbons (Fsp3) is 0.133. The minimum atomic E-state index is -3.27. The molecule has 0 heterocycles. The summed E-state index contributed by atoms with van der Waals surface area (Å²) in [6, 6.07) is 13.2. The Kier molecular flexibility index (Phi) is 4.65. The van der Waals surface area contributed by atoms with Crippen LogP contribution in [0.5, 0.6) is 0 Å². The Labute approximate surface area is 128 Å². The van der Waals surface area contributed by atoms with Gasteiger partial charge in [-0.25, -0.2) is 9.00 Å². The van der Waals surface area contributed by atoms with Crippen molar-refractivity contribution in [1.82, 2.24) is 0 Å². The van der Waals surface area contributed by atoms with Gasteiger partial charge in [0.05, 0.1) is 4.90 Å². The van der Waals surface area contributed by atoms with Crippen LogP contribution in [-0.2, 0) is 8.94 Å². The second kappa shape index (κ2) is 6.28. The van der Waals surface area contributed by atoms with Crippen molar-refractivity contribution in [3.8, 4) is 0 Å². The molecule has 0 aromatic heterocycles. The van der Waals surface area contributed by atoms with Crippen LogP contribution in [0.3, 0.4) is 0 Å². The van der Waals surface area contributed by atoms with Gasteiger partial charge in [-0.05, 0) is 38.1 Å². The van der Waals surface area contributed by atoms with Gasteiger partial charge in [0.2, 0.25) is 0 Å². The lowest BCUT2D eigenvalue weighted by Gasteiger charge is -2.04. The number of benzene rings is 2. The first kappa shape index (κ1) is 15.5. The molecule has 0 fully saturated rings. The smallest absolute Gasteiger partial charge is 0.306 e. The summed E-state index contributed by atoms with van der Waals surface area (Å²) in [6.45, 7) is 3.85. The van der Waals surface area contributed by atoms with E-state index in [-0.39, 0.29) is 0 Å². The number of urea groups is 1. The first-order valence-corrected chi connectivity index (χ1v) is 8.62. The van der Waals surface area contributed by atoms with E-state index in [0.717, 1.165) is 11.1 Å². The zero-order chi connectivity index (χ0) is 15.5. The van der Waals surface area contributed by atoms with Gasteiger partial charge in [-0.2, -0.15) is 0 Å². The van der Waals surface area contributed by atoms with E-state index in [0.29, 0.717) is 10.6 Å². The number of carbonyl (C=O) groups excluding carboxylic acids is 1. The van der Waals surface area contributed by atoms with Crippen molar-refractivity contribution in [3.05, 3.63) is 59.7 Å². The molecular weight excluding hydrogens is 308 g/mol. The van der Waals surface area contributed by atoms with Crippen molar-refractivity contribution in [2.45, 2.75) is 18.7 Å². The molecule has 0 aliphatic rings. The number of halogens is 1. The summed E-state index contributed by atoms with van der Waals surface area (Å²) in [5, 5.41) is 2.54. The largest absolute Gasteiger partial charge is 0.354 e. The molecule has 2 amide bonds. The predicted octanol–water partition coefficient (Wildman–Crippen LogP) is 4.52. The molecule has 110 valence electrons. The second-order valence-electron chi connectivity index (χ2n) is 4.66. The Morgan fingerprint density at radius 2 is 1.48 bits per heavy atom. The molecule has 2 aromatic carbocycles. The maximum atomic E-state index is 12.3. The highest BCUT2D eigenvalue weighted by Gasteiger charge is 2.11. The third-order valence-corrected chi connectivity index (χ3v) is 4.81. The Bertz CT molecular complexity index is 761. The van der Waals surface area contributed by atoms with Crippen molar-refractivity contribution in [1.29, 1.82) is 0 Å². The van der Waals surface area contributed by atoms with Gasteiger partial charge in [0.1, 0.15) is 0 Å². The zero-order valence-corrected chi connectivity index (χ0v) is 13.2. The van der Waals surface area contributed by atoms with Gasteiger partial charge in [-0.1, -0.05) is 35.4 Å². The van der Waals surface area contributed by atoms with Crippen molar-refractivity contribution in [3.63, 3.8) is 0 Å². The van der Waals surface area contributed by atoms with E-state index in [9.17, 15) is 9.00 Å². The van der Waals surface area contributed by atoms with E-state index < -0.39 is 15.0 Å². The molecule has 2 rings (SSSR count). The molecule has 0 aliphatic carbocycles. The Morgan fingerprint density at radius 1 is 1.00 bits per heavy atom. The molecule has 1 unspecified atom stereocenters. The highest BCUT2D eigenvalue weighted by Crippen LogP contribution is 2.19. The number of hydrogen-bond donors (Lipinski definition) is 1. The number of carbonyl (C=O) groups is 1. The van der Waals surface area contributed by atoms with E-state index in [4.69, 9.17) is 10.7 Å². The second-order valence-corrected chi connectivity index (χ2v) is 7.48. The van der Waals surface area contributed by atoms with Crippen LogP contribution in [0.25, 0.3) is 0 Å². The van der Waals surface area contributed by atoms with Gasteiger partial charge < -0.3 is 5.32 Å². The molecule has 1 atom stereocenters.